The third-order valence-electron chi connectivity index (χ3n) is 5.43. The van der Waals surface area contributed by atoms with Crippen molar-refractivity contribution in [2.75, 3.05) is 19.6 Å². The molecule has 1 aromatic carbocycles. The number of carbonyl (C=O) groups is 1. The molecule has 0 aromatic heterocycles. The Labute approximate surface area is 158 Å². The maximum absolute atomic E-state index is 12.7. The minimum absolute atomic E-state index is 0.0129. The molecule has 0 spiro atoms. The molecular weight excluding hydrogens is 357 g/mol. The molecule has 2 atom stereocenters. The Kier molecular flexibility index (Phi) is 6.42. The van der Waals surface area contributed by atoms with Gasteiger partial charge in [0.25, 0.3) is 0 Å². The second-order valence-corrected chi connectivity index (χ2v) is 7.70. The molecule has 0 bridgehead atoms. The lowest BCUT2D eigenvalue weighted by atomic mass is 9.85. The predicted octanol–water partition coefficient (Wildman–Crippen LogP) is 3.69. The van der Waals surface area contributed by atoms with E-state index in [1.54, 1.807) is 0 Å². The lowest BCUT2D eigenvalue weighted by Crippen LogP contribution is -2.49. The molecule has 1 aliphatic carbocycles. The van der Waals surface area contributed by atoms with Gasteiger partial charge in [-0.05, 0) is 38.2 Å². The smallest absolute Gasteiger partial charge is 0.368 e. The highest BCUT2D eigenvalue weighted by Crippen LogP contribution is 2.37. The van der Waals surface area contributed by atoms with Crippen molar-refractivity contribution in [3.63, 3.8) is 0 Å². The first kappa shape index (κ1) is 20.1. The van der Waals surface area contributed by atoms with Gasteiger partial charge in [-0.1, -0.05) is 30.3 Å². The lowest BCUT2D eigenvalue weighted by Gasteiger charge is -2.37. The largest absolute Gasteiger partial charge is 0.391 e. The second-order valence-electron chi connectivity index (χ2n) is 7.70. The summed E-state index contributed by atoms with van der Waals surface area (Å²) in [6.45, 7) is 3.52. The van der Waals surface area contributed by atoms with Crippen LogP contribution in [-0.2, 0) is 9.53 Å². The monoisotopic (exact) mass is 384 g/mol. The van der Waals surface area contributed by atoms with E-state index in [0.29, 0.717) is 25.9 Å². The number of halogens is 3. The minimum Gasteiger partial charge on any atom is -0.368 e. The van der Waals surface area contributed by atoms with Crippen molar-refractivity contribution in [1.82, 2.24) is 10.2 Å². The van der Waals surface area contributed by atoms with E-state index in [4.69, 9.17) is 4.74 Å². The van der Waals surface area contributed by atoms with E-state index in [9.17, 15) is 18.0 Å². The molecule has 0 unspecified atom stereocenters. The highest BCUT2D eigenvalue weighted by molar-refractivity contribution is 5.78. The highest BCUT2D eigenvalue weighted by Gasteiger charge is 2.41. The molecule has 27 heavy (non-hydrogen) atoms. The lowest BCUT2D eigenvalue weighted by molar-refractivity contribution is -0.182. The number of nitrogens with one attached hydrogen (secondary N) is 1. The summed E-state index contributed by atoms with van der Waals surface area (Å²) in [7, 11) is 0. The zero-order valence-electron chi connectivity index (χ0n) is 15.5. The fourth-order valence-corrected chi connectivity index (χ4v) is 4.06. The Morgan fingerprint density at radius 3 is 2.44 bits per heavy atom. The Bertz CT molecular complexity index is 615. The van der Waals surface area contributed by atoms with Gasteiger partial charge in [-0.15, -0.1) is 0 Å². The van der Waals surface area contributed by atoms with Crippen molar-refractivity contribution in [2.45, 2.75) is 57.0 Å². The standard InChI is InChI=1S/C20H27F3N2O2/c1-14-11-25(12-18(27-14)15-5-3-2-4-6-15)13-19(26)24-17-9-7-16(8-10-17)20(21,22)23/h2-6,14,16-18H,7-13H2,1H3,(H,24,26)/t14-,16?,17?,18+/m1/s1. The van der Waals surface area contributed by atoms with Crippen LogP contribution in [0.1, 0.15) is 44.3 Å². The molecule has 150 valence electrons. The van der Waals surface area contributed by atoms with Gasteiger partial charge in [0, 0.05) is 19.1 Å². The van der Waals surface area contributed by atoms with Crippen molar-refractivity contribution in [3.05, 3.63) is 35.9 Å². The molecule has 7 heteroatoms. The summed E-state index contributed by atoms with van der Waals surface area (Å²) < 4.78 is 44.2. The van der Waals surface area contributed by atoms with Crippen LogP contribution in [0.25, 0.3) is 0 Å². The van der Waals surface area contributed by atoms with E-state index in [0.717, 1.165) is 5.56 Å². The Morgan fingerprint density at radius 2 is 1.81 bits per heavy atom. The van der Waals surface area contributed by atoms with Crippen LogP contribution >= 0.6 is 0 Å². The molecule has 2 aliphatic rings. The van der Waals surface area contributed by atoms with Gasteiger partial charge < -0.3 is 10.1 Å². The molecule has 2 fully saturated rings. The zero-order valence-corrected chi connectivity index (χ0v) is 15.5. The minimum atomic E-state index is -4.12. The van der Waals surface area contributed by atoms with Crippen LogP contribution in [-0.4, -0.2) is 48.8 Å². The third kappa shape index (κ3) is 5.69. The molecule has 4 nitrogen and oxygen atoms in total. The number of amides is 1. The number of hydrogen-bond acceptors (Lipinski definition) is 3. The number of carbonyl (C=O) groups excluding carboxylic acids is 1. The van der Waals surface area contributed by atoms with Crippen molar-refractivity contribution in [1.29, 1.82) is 0 Å². The summed E-state index contributed by atoms with van der Waals surface area (Å²) in [5.41, 5.74) is 1.08. The topological polar surface area (TPSA) is 41.6 Å². The number of benzene rings is 1. The maximum Gasteiger partial charge on any atom is 0.391 e. The highest BCUT2D eigenvalue weighted by atomic mass is 19.4. The van der Waals surface area contributed by atoms with Gasteiger partial charge in [0.05, 0.1) is 24.7 Å². The maximum atomic E-state index is 12.7. The Balaban J connectivity index is 1.48. The normalized spacial score (nSPS) is 30.1. The molecule has 0 radical (unpaired) electrons. The van der Waals surface area contributed by atoms with Gasteiger partial charge >= 0.3 is 6.18 Å². The summed E-state index contributed by atoms with van der Waals surface area (Å²) in [5, 5.41) is 2.92. The molecule has 3 rings (SSSR count). The van der Waals surface area contributed by atoms with E-state index in [2.05, 4.69) is 10.2 Å². The molecule has 1 aliphatic heterocycles. The fourth-order valence-electron chi connectivity index (χ4n) is 4.06. The van der Waals surface area contributed by atoms with E-state index < -0.39 is 12.1 Å². The van der Waals surface area contributed by atoms with Gasteiger partial charge in [0.1, 0.15) is 0 Å². The second kappa shape index (κ2) is 8.61. The van der Waals surface area contributed by atoms with Crippen LogP contribution in [0.4, 0.5) is 13.2 Å². The van der Waals surface area contributed by atoms with Gasteiger partial charge in [-0.25, -0.2) is 0 Å². The fraction of sp³-hybridized carbons (Fsp3) is 0.650. The summed E-state index contributed by atoms with van der Waals surface area (Å²) >= 11 is 0. The van der Waals surface area contributed by atoms with Crippen molar-refractivity contribution in [2.24, 2.45) is 5.92 Å². The average Bonchev–Trinajstić information content (AvgIpc) is 2.61. The summed E-state index contributed by atoms with van der Waals surface area (Å²) in [5.74, 6) is -1.34. The van der Waals surface area contributed by atoms with Crippen molar-refractivity contribution < 1.29 is 22.7 Å². The predicted molar refractivity (Wildman–Crippen MR) is 96.1 cm³/mol. The summed E-state index contributed by atoms with van der Waals surface area (Å²) in [6.07, 6.45) is -3.21. The van der Waals surface area contributed by atoms with Crippen LogP contribution in [0, 0.1) is 5.92 Å². The zero-order chi connectivity index (χ0) is 19.4. The van der Waals surface area contributed by atoms with E-state index >= 15 is 0 Å². The summed E-state index contributed by atoms with van der Waals surface area (Å²) in [4.78, 5) is 14.5. The molecule has 1 saturated carbocycles. The Morgan fingerprint density at radius 1 is 1.15 bits per heavy atom. The molecule has 1 N–H and O–H groups in total. The van der Waals surface area contributed by atoms with Crippen LogP contribution in [0.2, 0.25) is 0 Å². The first-order valence-electron chi connectivity index (χ1n) is 9.60. The van der Waals surface area contributed by atoms with Gasteiger partial charge in [0.15, 0.2) is 0 Å². The number of nitrogens with zero attached hydrogens (tertiary/aromatic N) is 1. The third-order valence-corrected chi connectivity index (χ3v) is 5.43. The van der Waals surface area contributed by atoms with Crippen molar-refractivity contribution in [3.8, 4) is 0 Å². The molecule has 1 saturated heterocycles. The molecular formula is C20H27F3N2O2. The quantitative estimate of drug-likeness (QED) is 0.861. The van der Waals surface area contributed by atoms with Crippen LogP contribution in [0.5, 0.6) is 0 Å². The Hall–Kier alpha value is -1.60. The number of ether oxygens (including phenoxy) is 1. The first-order chi connectivity index (χ1) is 12.8. The van der Waals surface area contributed by atoms with E-state index in [-0.39, 0.29) is 43.5 Å². The van der Waals surface area contributed by atoms with Gasteiger partial charge in [-0.2, -0.15) is 13.2 Å². The van der Waals surface area contributed by atoms with Gasteiger partial charge in [0.2, 0.25) is 5.91 Å². The van der Waals surface area contributed by atoms with Crippen LogP contribution < -0.4 is 5.32 Å². The molecule has 1 amide bonds. The first-order valence-corrected chi connectivity index (χ1v) is 9.60. The van der Waals surface area contributed by atoms with Gasteiger partial charge in [-0.3, -0.25) is 9.69 Å². The number of hydrogen-bond donors (Lipinski definition) is 1. The SMILES string of the molecule is C[C@@H]1CN(CC(=O)NC2CCC(C(F)(F)F)CC2)C[C@@H](c2ccccc2)O1. The van der Waals surface area contributed by atoms with Crippen molar-refractivity contribution >= 4 is 5.91 Å². The molecule has 1 aromatic rings. The van der Waals surface area contributed by atoms with E-state index in [1.807, 2.05) is 37.3 Å². The number of morpholine rings is 1. The summed E-state index contributed by atoms with van der Waals surface area (Å²) in [6, 6.07) is 9.76. The average molecular weight is 384 g/mol. The molecule has 1 heterocycles. The van der Waals surface area contributed by atoms with Crippen LogP contribution in [0.15, 0.2) is 30.3 Å². The number of rotatable bonds is 4. The number of alkyl halides is 3. The van der Waals surface area contributed by atoms with Crippen LogP contribution in [0.3, 0.4) is 0 Å². The van der Waals surface area contributed by atoms with E-state index in [1.165, 1.54) is 0 Å².